The quantitative estimate of drug-likeness (QED) is 0.202. The van der Waals surface area contributed by atoms with Crippen molar-refractivity contribution >= 4 is 17.9 Å². The van der Waals surface area contributed by atoms with E-state index in [4.69, 9.17) is 4.74 Å². The monoisotopic (exact) mass is 557 g/mol. The summed E-state index contributed by atoms with van der Waals surface area (Å²) in [6.45, 7) is 1.78. The molecule has 0 aliphatic carbocycles. The van der Waals surface area contributed by atoms with Gasteiger partial charge in [-0.3, -0.25) is 0 Å². The third kappa shape index (κ3) is 5.26. The molecule has 0 amide bonds. The van der Waals surface area contributed by atoms with Crippen LogP contribution in [0.25, 0.3) is 34.2 Å². The third-order valence-electron chi connectivity index (χ3n) is 5.80. The molecule has 15 heteroatoms. The Kier molecular flexibility index (Phi) is 6.82. The van der Waals surface area contributed by atoms with Gasteiger partial charge in [-0.2, -0.15) is 0 Å². The molecule has 5 rings (SSSR count). The molecule has 0 bridgehead atoms. The predicted molar refractivity (Wildman–Crippen MR) is 138 cm³/mol. The van der Waals surface area contributed by atoms with Crippen molar-refractivity contribution in [3.63, 3.8) is 0 Å². The van der Waals surface area contributed by atoms with Gasteiger partial charge in [0.15, 0.2) is 0 Å². The summed E-state index contributed by atoms with van der Waals surface area (Å²) in [5.41, 5.74) is 0.956. The molecule has 0 saturated carbocycles. The maximum atomic E-state index is 12.6. The van der Waals surface area contributed by atoms with E-state index < -0.39 is 29.4 Å². The first kappa shape index (κ1) is 26.5. The summed E-state index contributed by atoms with van der Waals surface area (Å²) < 4.78 is 7.70. The van der Waals surface area contributed by atoms with Gasteiger partial charge < -0.3 is 25.2 Å². The highest BCUT2D eigenvalue weighted by Crippen LogP contribution is 2.26. The SMILES string of the molecule is CCOC(=O)c1cc(-c2cn(-c3ccc(O)c(C(=O)O)c3)nn2)nc(-c2cn(-c3ccc(O)c(C(=O)O)c3)nn2)c1. The van der Waals surface area contributed by atoms with Crippen LogP contribution in [0, 0.1) is 0 Å². The number of aromatic hydroxyl groups is 2. The zero-order valence-electron chi connectivity index (χ0n) is 21.0. The van der Waals surface area contributed by atoms with Gasteiger partial charge in [0.1, 0.15) is 34.0 Å². The first-order chi connectivity index (χ1) is 19.6. The van der Waals surface area contributed by atoms with E-state index in [-0.39, 0.29) is 46.1 Å². The van der Waals surface area contributed by atoms with Crippen LogP contribution >= 0.6 is 0 Å². The topological polar surface area (TPSA) is 216 Å². The van der Waals surface area contributed by atoms with Gasteiger partial charge in [0.2, 0.25) is 0 Å². The molecular formula is C26H19N7O8. The van der Waals surface area contributed by atoms with Crippen molar-refractivity contribution < 1.29 is 39.5 Å². The summed E-state index contributed by atoms with van der Waals surface area (Å²) in [6, 6.07) is 10.7. The molecule has 5 aromatic rings. The van der Waals surface area contributed by atoms with E-state index >= 15 is 0 Å². The third-order valence-corrected chi connectivity index (χ3v) is 5.80. The summed E-state index contributed by atoms with van der Waals surface area (Å²) in [6.07, 6.45) is 2.92. The maximum absolute atomic E-state index is 12.6. The number of carboxylic acids is 2. The van der Waals surface area contributed by atoms with Gasteiger partial charge in [0, 0.05) is 0 Å². The molecule has 4 N–H and O–H groups in total. The van der Waals surface area contributed by atoms with E-state index in [1.165, 1.54) is 70.3 Å². The Morgan fingerprint density at radius 2 is 1.20 bits per heavy atom. The van der Waals surface area contributed by atoms with Crippen molar-refractivity contribution in [2.45, 2.75) is 6.92 Å². The number of nitrogens with zero attached hydrogens (tertiary/aromatic N) is 7. The van der Waals surface area contributed by atoms with Gasteiger partial charge >= 0.3 is 17.9 Å². The molecule has 3 aromatic heterocycles. The second kappa shape index (κ2) is 10.6. The largest absolute Gasteiger partial charge is 0.507 e. The Bertz CT molecular complexity index is 1710. The smallest absolute Gasteiger partial charge is 0.339 e. The first-order valence-corrected chi connectivity index (χ1v) is 11.8. The van der Waals surface area contributed by atoms with Crippen molar-refractivity contribution in [1.82, 2.24) is 35.0 Å². The fraction of sp³-hybridized carbons (Fsp3) is 0.0769. The van der Waals surface area contributed by atoms with Crippen molar-refractivity contribution in [2.75, 3.05) is 6.61 Å². The molecule has 0 saturated heterocycles. The average molecular weight is 557 g/mol. The number of carbonyl (C=O) groups is 3. The molecular weight excluding hydrogens is 538 g/mol. The zero-order valence-corrected chi connectivity index (χ0v) is 21.0. The number of rotatable bonds is 8. The van der Waals surface area contributed by atoms with E-state index in [9.17, 15) is 34.8 Å². The van der Waals surface area contributed by atoms with Crippen molar-refractivity contribution in [1.29, 1.82) is 0 Å². The normalized spacial score (nSPS) is 10.9. The molecule has 0 aliphatic rings. The van der Waals surface area contributed by atoms with E-state index in [0.29, 0.717) is 11.4 Å². The minimum atomic E-state index is -1.32. The van der Waals surface area contributed by atoms with Crippen LogP contribution < -0.4 is 0 Å². The Labute approximate surface area is 229 Å². The van der Waals surface area contributed by atoms with Gasteiger partial charge in [-0.15, -0.1) is 10.2 Å². The summed E-state index contributed by atoms with van der Waals surface area (Å²) in [5, 5.41) is 54.4. The lowest BCUT2D eigenvalue weighted by Gasteiger charge is -2.06. The van der Waals surface area contributed by atoms with Crippen LogP contribution in [-0.4, -0.2) is 79.9 Å². The summed E-state index contributed by atoms with van der Waals surface area (Å²) >= 11 is 0. The lowest BCUT2D eigenvalue weighted by molar-refractivity contribution is 0.0525. The Morgan fingerprint density at radius 3 is 1.61 bits per heavy atom. The van der Waals surface area contributed by atoms with Gasteiger partial charge in [0.05, 0.1) is 47.3 Å². The molecule has 3 heterocycles. The maximum Gasteiger partial charge on any atom is 0.339 e. The summed E-state index contributed by atoms with van der Waals surface area (Å²) in [7, 11) is 0. The number of aromatic carboxylic acids is 2. The number of carboxylic acid groups (broad SMARTS) is 2. The minimum absolute atomic E-state index is 0.123. The van der Waals surface area contributed by atoms with Crippen molar-refractivity contribution in [2.24, 2.45) is 0 Å². The minimum Gasteiger partial charge on any atom is -0.507 e. The standard InChI is InChI=1S/C26H19N7O8/c1-2-41-26(40)13-7-18(20-11-32(30-28-20)14-3-5-22(34)16(9-14)24(36)37)27-19(8-13)21-12-33(31-29-21)15-4-6-23(35)17(10-15)25(38)39/h3-12,34-35H,2H2,1H3,(H,36,37)(H,38,39). The average Bonchev–Trinajstić information content (AvgIpc) is 3.64. The van der Waals surface area contributed by atoms with Crippen LogP contribution in [0.1, 0.15) is 38.0 Å². The molecule has 0 spiro atoms. The van der Waals surface area contributed by atoms with Crippen LogP contribution in [0.5, 0.6) is 11.5 Å². The first-order valence-electron chi connectivity index (χ1n) is 11.8. The highest BCUT2D eigenvalue weighted by Gasteiger charge is 2.19. The number of phenols is 2. The summed E-state index contributed by atoms with van der Waals surface area (Å²) in [4.78, 5) is 40.0. The van der Waals surface area contributed by atoms with Gasteiger partial charge in [-0.25, -0.2) is 28.7 Å². The number of benzene rings is 2. The lowest BCUT2D eigenvalue weighted by Crippen LogP contribution is -2.06. The number of ether oxygens (including phenoxy) is 1. The second-order valence-electron chi connectivity index (χ2n) is 8.46. The van der Waals surface area contributed by atoms with Crippen LogP contribution in [0.15, 0.2) is 60.9 Å². The van der Waals surface area contributed by atoms with Gasteiger partial charge in [-0.1, -0.05) is 10.4 Å². The van der Waals surface area contributed by atoms with E-state index in [1.54, 1.807) is 6.92 Å². The Hall–Kier alpha value is -6.12. The lowest BCUT2D eigenvalue weighted by atomic mass is 10.1. The summed E-state index contributed by atoms with van der Waals surface area (Å²) in [5.74, 6) is -4.09. The van der Waals surface area contributed by atoms with Crippen LogP contribution in [0.3, 0.4) is 0 Å². The van der Waals surface area contributed by atoms with Crippen LogP contribution in [0.2, 0.25) is 0 Å². The van der Waals surface area contributed by atoms with Gasteiger partial charge in [0.25, 0.3) is 0 Å². The molecule has 0 unspecified atom stereocenters. The van der Waals surface area contributed by atoms with Crippen molar-refractivity contribution in [3.8, 4) is 45.6 Å². The molecule has 206 valence electrons. The Balaban J connectivity index is 1.55. The molecule has 41 heavy (non-hydrogen) atoms. The fourth-order valence-corrected chi connectivity index (χ4v) is 3.82. The Morgan fingerprint density at radius 1 is 0.732 bits per heavy atom. The number of carbonyl (C=O) groups excluding carboxylic acids is 1. The highest BCUT2D eigenvalue weighted by atomic mass is 16.5. The molecule has 0 fully saturated rings. The second-order valence-corrected chi connectivity index (χ2v) is 8.46. The number of aromatic nitrogens is 7. The molecule has 0 atom stereocenters. The molecule has 0 radical (unpaired) electrons. The van der Waals surface area contributed by atoms with Crippen LogP contribution in [0.4, 0.5) is 0 Å². The molecule has 2 aromatic carbocycles. The van der Waals surface area contributed by atoms with E-state index in [0.717, 1.165) is 0 Å². The van der Waals surface area contributed by atoms with E-state index in [1.807, 2.05) is 0 Å². The van der Waals surface area contributed by atoms with Crippen molar-refractivity contribution in [3.05, 3.63) is 77.6 Å². The number of hydrogen-bond donors (Lipinski definition) is 4. The van der Waals surface area contributed by atoms with E-state index in [2.05, 4.69) is 25.6 Å². The van der Waals surface area contributed by atoms with Gasteiger partial charge in [-0.05, 0) is 55.5 Å². The fourth-order valence-electron chi connectivity index (χ4n) is 3.82. The molecule has 0 aliphatic heterocycles. The number of esters is 1. The number of hydrogen-bond acceptors (Lipinski definition) is 11. The number of pyridine rings is 1. The molecule has 15 nitrogen and oxygen atoms in total. The van der Waals surface area contributed by atoms with Crippen LogP contribution in [-0.2, 0) is 4.74 Å². The predicted octanol–water partition coefficient (Wildman–Crippen LogP) is 2.56. The highest BCUT2D eigenvalue weighted by molar-refractivity contribution is 5.93. The zero-order chi connectivity index (χ0) is 29.3.